The molecule has 150 valence electrons. The van der Waals surface area contributed by atoms with Gasteiger partial charge in [-0.1, -0.05) is 29.4 Å². The van der Waals surface area contributed by atoms with E-state index < -0.39 is 0 Å². The average Bonchev–Trinajstić information content (AvgIpc) is 3.15. The molecule has 0 radical (unpaired) electrons. The number of para-hydroxylation sites is 1. The summed E-state index contributed by atoms with van der Waals surface area (Å²) in [5.74, 6) is 0.607. The van der Waals surface area contributed by atoms with E-state index in [0.29, 0.717) is 23.5 Å². The number of aromatic nitrogens is 1. The van der Waals surface area contributed by atoms with Crippen LogP contribution in [0.25, 0.3) is 17.0 Å². The lowest BCUT2D eigenvalue weighted by Crippen LogP contribution is -2.38. The lowest BCUT2D eigenvalue weighted by atomic mass is 9.90. The van der Waals surface area contributed by atoms with Crippen molar-refractivity contribution < 1.29 is 8.91 Å². The number of likely N-dealkylation sites (tertiary alicyclic amines) is 1. The molecule has 4 nitrogen and oxygen atoms in total. The van der Waals surface area contributed by atoms with Gasteiger partial charge in [0.05, 0.1) is 17.1 Å². The van der Waals surface area contributed by atoms with Gasteiger partial charge in [-0.25, -0.2) is 4.39 Å². The molecule has 2 aromatic carbocycles. The minimum atomic E-state index is -0.280. The van der Waals surface area contributed by atoms with Gasteiger partial charge in [0.25, 0.3) is 0 Å². The zero-order valence-corrected chi connectivity index (χ0v) is 16.7. The molecule has 0 spiro atoms. The van der Waals surface area contributed by atoms with E-state index >= 15 is 0 Å². The Balaban J connectivity index is 1.20. The number of hydrogen-bond donors (Lipinski definition) is 0. The zero-order valence-electron chi connectivity index (χ0n) is 16.7. The molecule has 0 N–H and O–H groups in total. The maximum Gasteiger partial charge on any atom is 0.170 e. The molecule has 1 aromatic heterocycles. The van der Waals surface area contributed by atoms with E-state index in [1.54, 1.807) is 6.07 Å². The van der Waals surface area contributed by atoms with E-state index in [0.717, 1.165) is 55.3 Å². The molecule has 2 aliphatic rings. The molecule has 0 saturated carbocycles. The Kier molecular flexibility index (Phi) is 4.92. The normalized spacial score (nSPS) is 22.8. The first-order valence-electron chi connectivity index (χ1n) is 10.6. The van der Waals surface area contributed by atoms with Gasteiger partial charge < -0.3 is 9.42 Å². The molecule has 0 amide bonds. The SMILES string of the molecule is CC1N=c2ccccc2=CC1CCN1CCC(c2noc3cc(F)ccc23)CC1. The molecule has 2 aliphatic heterocycles. The molecule has 5 rings (SSSR count). The number of rotatable bonds is 4. The Bertz CT molecular complexity index is 1130. The summed E-state index contributed by atoms with van der Waals surface area (Å²) in [4.78, 5) is 7.43. The van der Waals surface area contributed by atoms with E-state index in [1.165, 1.54) is 17.4 Å². The minimum absolute atomic E-state index is 0.280. The third-order valence-corrected chi connectivity index (χ3v) is 6.51. The van der Waals surface area contributed by atoms with E-state index in [1.807, 2.05) is 0 Å². The monoisotopic (exact) mass is 391 g/mol. The molecule has 2 unspecified atom stereocenters. The number of halogens is 1. The van der Waals surface area contributed by atoms with Crippen LogP contribution in [0.3, 0.4) is 0 Å². The summed E-state index contributed by atoms with van der Waals surface area (Å²) in [7, 11) is 0. The maximum absolute atomic E-state index is 13.4. The summed E-state index contributed by atoms with van der Waals surface area (Å²) in [6.45, 7) is 5.45. The Morgan fingerprint density at radius 2 is 1.97 bits per heavy atom. The second-order valence-corrected chi connectivity index (χ2v) is 8.37. The molecule has 1 saturated heterocycles. The molecule has 3 heterocycles. The quantitative estimate of drug-likeness (QED) is 0.682. The van der Waals surface area contributed by atoms with Crippen molar-refractivity contribution in [3.8, 4) is 0 Å². The van der Waals surface area contributed by atoms with Gasteiger partial charge in [0.15, 0.2) is 5.58 Å². The summed E-state index contributed by atoms with van der Waals surface area (Å²) in [5, 5.41) is 7.60. The highest BCUT2D eigenvalue weighted by Crippen LogP contribution is 2.33. The van der Waals surface area contributed by atoms with Crippen LogP contribution in [0, 0.1) is 11.7 Å². The van der Waals surface area contributed by atoms with Crippen LogP contribution in [0.5, 0.6) is 0 Å². The highest BCUT2D eigenvalue weighted by atomic mass is 19.1. The Hall–Kier alpha value is -2.53. The van der Waals surface area contributed by atoms with E-state index in [4.69, 9.17) is 9.52 Å². The van der Waals surface area contributed by atoms with E-state index in [2.05, 4.69) is 47.3 Å². The summed E-state index contributed by atoms with van der Waals surface area (Å²) in [6.07, 6.45) is 5.67. The number of piperidine rings is 1. The topological polar surface area (TPSA) is 41.6 Å². The van der Waals surface area contributed by atoms with Gasteiger partial charge >= 0.3 is 0 Å². The number of nitrogens with zero attached hydrogens (tertiary/aromatic N) is 3. The highest BCUT2D eigenvalue weighted by molar-refractivity contribution is 5.79. The van der Waals surface area contributed by atoms with E-state index in [-0.39, 0.29) is 5.82 Å². The molecule has 2 atom stereocenters. The summed E-state index contributed by atoms with van der Waals surface area (Å²) in [6, 6.07) is 13.5. The van der Waals surface area contributed by atoms with Crippen molar-refractivity contribution >= 4 is 17.0 Å². The van der Waals surface area contributed by atoms with Gasteiger partial charge in [-0.3, -0.25) is 4.99 Å². The molecular weight excluding hydrogens is 365 g/mol. The van der Waals surface area contributed by atoms with Crippen LogP contribution in [-0.2, 0) is 0 Å². The smallest absolute Gasteiger partial charge is 0.170 e. The van der Waals surface area contributed by atoms with Gasteiger partial charge in [-0.15, -0.1) is 0 Å². The van der Waals surface area contributed by atoms with Gasteiger partial charge in [0, 0.05) is 23.3 Å². The first-order chi connectivity index (χ1) is 14.2. The van der Waals surface area contributed by atoms with Gasteiger partial charge in [0.1, 0.15) is 5.82 Å². The fourth-order valence-corrected chi connectivity index (χ4v) is 4.74. The summed E-state index contributed by atoms with van der Waals surface area (Å²) < 4.78 is 18.7. The summed E-state index contributed by atoms with van der Waals surface area (Å²) in [5.41, 5.74) is 1.54. The summed E-state index contributed by atoms with van der Waals surface area (Å²) >= 11 is 0. The zero-order chi connectivity index (χ0) is 19.8. The van der Waals surface area contributed by atoms with E-state index in [9.17, 15) is 4.39 Å². The highest BCUT2D eigenvalue weighted by Gasteiger charge is 2.26. The van der Waals surface area contributed by atoms with Crippen LogP contribution in [0.15, 0.2) is 52.0 Å². The first kappa shape index (κ1) is 18.5. The van der Waals surface area contributed by atoms with Crippen LogP contribution in [0.1, 0.15) is 37.8 Å². The predicted molar refractivity (Wildman–Crippen MR) is 112 cm³/mol. The van der Waals surface area contributed by atoms with Crippen LogP contribution >= 0.6 is 0 Å². The largest absolute Gasteiger partial charge is 0.356 e. The molecule has 1 fully saturated rings. The third-order valence-electron chi connectivity index (χ3n) is 6.51. The fourth-order valence-electron chi connectivity index (χ4n) is 4.74. The second kappa shape index (κ2) is 7.71. The maximum atomic E-state index is 13.4. The molecule has 0 bridgehead atoms. The van der Waals surface area contributed by atoms with Crippen molar-refractivity contribution in [2.24, 2.45) is 10.9 Å². The van der Waals surface area contributed by atoms with Crippen molar-refractivity contribution in [3.63, 3.8) is 0 Å². The van der Waals surface area contributed by atoms with Crippen LogP contribution in [0.2, 0.25) is 0 Å². The standard InChI is InChI=1S/C24H26FN3O/c1-16-18(14-19-4-2-3-5-22(19)26-16)10-13-28-11-8-17(9-12-28)24-21-7-6-20(25)15-23(21)29-27-24/h2-7,14-18H,8-13H2,1H3. The third kappa shape index (κ3) is 3.71. The predicted octanol–water partition coefficient (Wildman–Crippen LogP) is 3.66. The van der Waals surface area contributed by atoms with Crippen LogP contribution < -0.4 is 10.6 Å². The molecule has 29 heavy (non-hydrogen) atoms. The van der Waals surface area contributed by atoms with Crippen LogP contribution in [0.4, 0.5) is 4.39 Å². The minimum Gasteiger partial charge on any atom is -0.356 e. The van der Waals surface area contributed by atoms with Gasteiger partial charge in [-0.05, 0) is 69.2 Å². The van der Waals surface area contributed by atoms with Crippen LogP contribution in [-0.4, -0.2) is 35.7 Å². The Labute approximate surface area is 169 Å². The van der Waals surface area contributed by atoms with Crippen molar-refractivity contribution in [2.75, 3.05) is 19.6 Å². The first-order valence-corrected chi connectivity index (χ1v) is 10.6. The molecular formula is C24H26FN3O. The lowest BCUT2D eigenvalue weighted by Gasteiger charge is -2.32. The number of hydrogen-bond acceptors (Lipinski definition) is 4. The van der Waals surface area contributed by atoms with Crippen molar-refractivity contribution in [1.29, 1.82) is 0 Å². The molecule has 5 heteroatoms. The van der Waals surface area contributed by atoms with Crippen molar-refractivity contribution in [3.05, 3.63) is 64.6 Å². The molecule has 3 aromatic rings. The number of fused-ring (bicyclic) bond motifs is 2. The van der Waals surface area contributed by atoms with Gasteiger partial charge in [-0.2, -0.15) is 0 Å². The number of benzene rings is 2. The average molecular weight is 391 g/mol. The molecule has 0 aliphatic carbocycles. The van der Waals surface area contributed by atoms with Gasteiger partial charge in [0.2, 0.25) is 0 Å². The fraction of sp³-hybridized carbons (Fsp3) is 0.417. The van der Waals surface area contributed by atoms with Crippen molar-refractivity contribution in [2.45, 2.75) is 38.1 Å². The Morgan fingerprint density at radius 1 is 1.14 bits per heavy atom. The lowest BCUT2D eigenvalue weighted by molar-refractivity contribution is 0.199. The Morgan fingerprint density at radius 3 is 2.83 bits per heavy atom. The van der Waals surface area contributed by atoms with Crippen molar-refractivity contribution in [1.82, 2.24) is 10.1 Å². The second-order valence-electron chi connectivity index (χ2n) is 8.37.